The Morgan fingerprint density at radius 2 is 1.78 bits per heavy atom. The van der Waals surface area contributed by atoms with E-state index < -0.39 is 5.97 Å². The molecule has 0 spiro atoms. The van der Waals surface area contributed by atoms with Gasteiger partial charge in [0.15, 0.2) is 5.69 Å². The maximum atomic E-state index is 12.2. The third-order valence-electron chi connectivity index (χ3n) is 3.64. The Balaban J connectivity index is 1.39. The second-order valence-electron chi connectivity index (χ2n) is 5.49. The number of hydrogen-bond acceptors (Lipinski definition) is 6. The average Bonchev–Trinajstić information content (AvgIpc) is 3.43. The van der Waals surface area contributed by atoms with Crippen LogP contribution in [0.3, 0.4) is 0 Å². The summed E-state index contributed by atoms with van der Waals surface area (Å²) >= 11 is 2.92. The Bertz CT molecular complexity index is 1050. The van der Waals surface area contributed by atoms with E-state index in [-0.39, 0.29) is 11.6 Å². The molecule has 3 heterocycles. The number of hydrogen-bond donors (Lipinski definition) is 2. The number of aromatic nitrogens is 2. The molecule has 4 aromatic rings. The Hall–Kier alpha value is -3.23. The van der Waals surface area contributed by atoms with E-state index in [1.54, 1.807) is 47.7 Å². The first-order valence-electron chi connectivity index (χ1n) is 7.95. The topological polar surface area (TPSA) is 84.1 Å². The van der Waals surface area contributed by atoms with Gasteiger partial charge in [-0.2, -0.15) is 5.10 Å². The van der Waals surface area contributed by atoms with Gasteiger partial charge in [0, 0.05) is 5.69 Å². The number of rotatable bonds is 5. The molecule has 6 nitrogen and oxygen atoms in total. The van der Waals surface area contributed by atoms with Crippen LogP contribution in [0.4, 0.5) is 5.69 Å². The molecule has 0 saturated heterocycles. The van der Waals surface area contributed by atoms with Gasteiger partial charge in [0.25, 0.3) is 5.91 Å². The Morgan fingerprint density at radius 1 is 1.00 bits per heavy atom. The lowest BCUT2D eigenvalue weighted by atomic mass is 10.3. The van der Waals surface area contributed by atoms with Crippen LogP contribution >= 0.6 is 22.7 Å². The maximum absolute atomic E-state index is 12.2. The SMILES string of the molecule is O=C(Oc1ccc(NC(=O)c2cccs2)cc1)c1cc(-c2cccs2)[nH]n1. The first-order valence-corrected chi connectivity index (χ1v) is 9.71. The molecule has 3 aromatic heterocycles. The van der Waals surface area contributed by atoms with Gasteiger partial charge >= 0.3 is 5.97 Å². The third kappa shape index (κ3) is 3.97. The minimum Gasteiger partial charge on any atom is -0.422 e. The number of ether oxygens (including phenoxy) is 1. The molecule has 27 heavy (non-hydrogen) atoms. The van der Waals surface area contributed by atoms with E-state index in [2.05, 4.69) is 15.5 Å². The van der Waals surface area contributed by atoms with Gasteiger partial charge in [-0.3, -0.25) is 9.89 Å². The molecule has 0 radical (unpaired) electrons. The highest BCUT2D eigenvalue weighted by molar-refractivity contribution is 7.13. The second-order valence-corrected chi connectivity index (χ2v) is 7.38. The van der Waals surface area contributed by atoms with Crippen LogP contribution in [0.15, 0.2) is 65.4 Å². The van der Waals surface area contributed by atoms with Gasteiger partial charge in [0.2, 0.25) is 0 Å². The van der Waals surface area contributed by atoms with Crippen molar-refractivity contribution in [3.63, 3.8) is 0 Å². The van der Waals surface area contributed by atoms with Gasteiger partial charge in [-0.05, 0) is 53.2 Å². The van der Waals surface area contributed by atoms with Crippen molar-refractivity contribution in [2.75, 3.05) is 5.32 Å². The molecule has 0 fully saturated rings. The molecule has 1 aromatic carbocycles. The lowest BCUT2D eigenvalue weighted by Crippen LogP contribution is -2.11. The second kappa shape index (κ2) is 7.56. The Labute approximate surface area is 162 Å². The molecule has 0 atom stereocenters. The molecule has 0 bridgehead atoms. The van der Waals surface area contributed by atoms with Crippen molar-refractivity contribution in [3.8, 4) is 16.3 Å². The van der Waals surface area contributed by atoms with Gasteiger partial charge in [-0.1, -0.05) is 12.1 Å². The van der Waals surface area contributed by atoms with E-state index in [1.807, 2.05) is 29.0 Å². The zero-order valence-electron chi connectivity index (χ0n) is 13.8. The zero-order chi connectivity index (χ0) is 18.6. The summed E-state index contributed by atoms with van der Waals surface area (Å²) in [7, 11) is 0. The minimum absolute atomic E-state index is 0.174. The number of carbonyl (C=O) groups is 2. The van der Waals surface area contributed by atoms with Crippen molar-refractivity contribution in [3.05, 3.63) is 75.9 Å². The number of amides is 1. The van der Waals surface area contributed by atoms with E-state index in [0.29, 0.717) is 16.3 Å². The van der Waals surface area contributed by atoms with Crippen molar-refractivity contribution < 1.29 is 14.3 Å². The van der Waals surface area contributed by atoms with Crippen LogP contribution in [0.1, 0.15) is 20.2 Å². The fourth-order valence-electron chi connectivity index (χ4n) is 2.35. The quantitative estimate of drug-likeness (QED) is 0.380. The average molecular weight is 395 g/mol. The lowest BCUT2D eigenvalue weighted by molar-refractivity contribution is 0.0728. The summed E-state index contributed by atoms with van der Waals surface area (Å²) in [6, 6.07) is 15.7. The van der Waals surface area contributed by atoms with Gasteiger partial charge in [0.1, 0.15) is 5.75 Å². The highest BCUT2D eigenvalue weighted by Gasteiger charge is 2.14. The molecule has 8 heteroatoms. The number of nitrogens with zero attached hydrogens (tertiary/aromatic N) is 1. The number of thiophene rings is 2. The first-order chi connectivity index (χ1) is 13.2. The van der Waals surface area contributed by atoms with Crippen molar-refractivity contribution in [1.29, 1.82) is 0 Å². The van der Waals surface area contributed by atoms with Gasteiger partial charge in [-0.15, -0.1) is 22.7 Å². The molecule has 0 aliphatic heterocycles. The number of aromatic amines is 1. The number of anilines is 1. The number of nitrogens with one attached hydrogen (secondary N) is 2. The number of esters is 1. The maximum Gasteiger partial charge on any atom is 0.364 e. The van der Waals surface area contributed by atoms with Crippen molar-refractivity contribution in [1.82, 2.24) is 10.2 Å². The predicted molar refractivity (Wildman–Crippen MR) is 106 cm³/mol. The fourth-order valence-corrected chi connectivity index (χ4v) is 3.66. The van der Waals surface area contributed by atoms with Crippen LogP contribution in [-0.2, 0) is 0 Å². The summed E-state index contributed by atoms with van der Waals surface area (Å²) in [6.07, 6.45) is 0. The summed E-state index contributed by atoms with van der Waals surface area (Å²) in [6.45, 7) is 0. The van der Waals surface area contributed by atoms with Gasteiger partial charge < -0.3 is 10.1 Å². The van der Waals surface area contributed by atoms with Gasteiger partial charge in [0.05, 0.1) is 15.4 Å². The van der Waals surface area contributed by atoms with E-state index in [0.717, 1.165) is 10.6 Å². The largest absolute Gasteiger partial charge is 0.422 e. The van der Waals surface area contributed by atoms with Crippen LogP contribution in [0.5, 0.6) is 5.75 Å². The molecule has 4 rings (SSSR count). The smallest absolute Gasteiger partial charge is 0.364 e. The van der Waals surface area contributed by atoms with Crippen LogP contribution in [0.2, 0.25) is 0 Å². The third-order valence-corrected chi connectivity index (χ3v) is 5.41. The molecule has 2 N–H and O–H groups in total. The molecule has 0 aliphatic carbocycles. The molecule has 0 unspecified atom stereocenters. The monoisotopic (exact) mass is 395 g/mol. The highest BCUT2D eigenvalue weighted by atomic mass is 32.1. The Morgan fingerprint density at radius 3 is 2.48 bits per heavy atom. The van der Waals surface area contributed by atoms with E-state index >= 15 is 0 Å². The van der Waals surface area contributed by atoms with Crippen LogP contribution < -0.4 is 10.1 Å². The number of H-pyrrole nitrogens is 1. The summed E-state index contributed by atoms with van der Waals surface area (Å²) in [4.78, 5) is 25.9. The summed E-state index contributed by atoms with van der Waals surface area (Å²) in [5.41, 5.74) is 1.59. The van der Waals surface area contributed by atoms with E-state index in [9.17, 15) is 9.59 Å². The summed E-state index contributed by atoms with van der Waals surface area (Å²) in [5, 5.41) is 13.4. The van der Waals surface area contributed by atoms with E-state index in [1.165, 1.54) is 11.3 Å². The molecule has 0 aliphatic rings. The van der Waals surface area contributed by atoms with Crippen LogP contribution in [0.25, 0.3) is 10.6 Å². The van der Waals surface area contributed by atoms with Crippen LogP contribution in [0, 0.1) is 0 Å². The van der Waals surface area contributed by atoms with Crippen molar-refractivity contribution in [2.45, 2.75) is 0 Å². The van der Waals surface area contributed by atoms with Crippen molar-refractivity contribution in [2.24, 2.45) is 0 Å². The minimum atomic E-state index is -0.551. The van der Waals surface area contributed by atoms with Crippen molar-refractivity contribution >= 4 is 40.2 Å². The molecular weight excluding hydrogens is 382 g/mol. The molecule has 134 valence electrons. The summed E-state index contributed by atoms with van der Waals surface area (Å²) < 4.78 is 5.33. The van der Waals surface area contributed by atoms with E-state index in [4.69, 9.17) is 4.74 Å². The Kier molecular flexibility index (Phi) is 4.82. The zero-order valence-corrected chi connectivity index (χ0v) is 15.5. The molecule has 0 saturated carbocycles. The highest BCUT2D eigenvalue weighted by Crippen LogP contribution is 2.24. The lowest BCUT2D eigenvalue weighted by Gasteiger charge is -2.06. The summed E-state index contributed by atoms with van der Waals surface area (Å²) in [5.74, 6) is -0.355. The first kappa shape index (κ1) is 17.2. The van der Waals surface area contributed by atoms with Crippen LogP contribution in [-0.4, -0.2) is 22.1 Å². The standard InChI is InChI=1S/C19H13N3O3S2/c23-18(17-4-2-10-27-17)20-12-5-7-13(8-6-12)25-19(24)15-11-14(21-22-15)16-3-1-9-26-16/h1-11H,(H,20,23)(H,21,22). The molecule has 1 amide bonds. The predicted octanol–water partition coefficient (Wildman–Crippen LogP) is 4.67. The normalized spacial score (nSPS) is 10.5. The fraction of sp³-hybridized carbons (Fsp3) is 0. The number of benzene rings is 1. The molecular formula is C19H13N3O3S2. The van der Waals surface area contributed by atoms with Gasteiger partial charge in [-0.25, -0.2) is 4.79 Å². The number of carbonyl (C=O) groups excluding carboxylic acids is 2.